The van der Waals surface area contributed by atoms with Crippen molar-refractivity contribution in [1.29, 1.82) is 0 Å². The highest BCUT2D eigenvalue weighted by molar-refractivity contribution is 5.80. The van der Waals surface area contributed by atoms with Crippen molar-refractivity contribution in [3.63, 3.8) is 0 Å². The molecule has 9 heteroatoms. The highest BCUT2D eigenvalue weighted by Gasteiger charge is 2.27. The number of ether oxygens (including phenoxy) is 2. The van der Waals surface area contributed by atoms with Crippen LogP contribution in [0.3, 0.4) is 0 Å². The Morgan fingerprint density at radius 2 is 1.83 bits per heavy atom. The quantitative estimate of drug-likeness (QED) is 0.670. The van der Waals surface area contributed by atoms with E-state index in [4.69, 9.17) is 13.9 Å². The molecule has 29 heavy (non-hydrogen) atoms. The van der Waals surface area contributed by atoms with Crippen molar-refractivity contribution in [2.24, 2.45) is 0 Å². The number of amides is 1. The third-order valence-corrected chi connectivity index (χ3v) is 3.81. The molecule has 1 amide bonds. The summed E-state index contributed by atoms with van der Waals surface area (Å²) in [5.74, 6) is 0.00740. The number of carbonyl (C=O) groups is 1. The predicted molar refractivity (Wildman–Crippen MR) is 98.3 cm³/mol. The van der Waals surface area contributed by atoms with Gasteiger partial charge in [-0.3, -0.25) is 9.59 Å². The molecule has 0 bridgehead atoms. The summed E-state index contributed by atoms with van der Waals surface area (Å²) >= 11 is 0. The molecule has 0 saturated heterocycles. The predicted octanol–water partition coefficient (Wildman–Crippen LogP) is 3.95. The number of hydrogen-bond donors (Lipinski definition) is 1. The zero-order chi connectivity index (χ0) is 21.0. The minimum Gasteiger partial charge on any atom is -0.484 e. The van der Waals surface area contributed by atoms with Gasteiger partial charge < -0.3 is 19.2 Å². The molecular formula is C20H16F3NO5. The molecular weight excluding hydrogens is 391 g/mol. The number of aryl methyl sites for hydroxylation is 1. The van der Waals surface area contributed by atoms with Crippen LogP contribution in [-0.2, 0) is 4.79 Å². The van der Waals surface area contributed by atoms with E-state index in [1.807, 2.05) is 6.07 Å². The van der Waals surface area contributed by atoms with Crippen LogP contribution in [0.5, 0.6) is 17.2 Å². The Bertz CT molecular complexity index is 1080. The largest absolute Gasteiger partial charge is 0.484 e. The van der Waals surface area contributed by atoms with Gasteiger partial charge in [-0.05, 0) is 31.2 Å². The zero-order valence-corrected chi connectivity index (χ0v) is 15.2. The lowest BCUT2D eigenvalue weighted by Crippen LogP contribution is -2.36. The first-order valence-electron chi connectivity index (χ1n) is 8.49. The van der Waals surface area contributed by atoms with Gasteiger partial charge in [0.15, 0.2) is 6.61 Å². The van der Waals surface area contributed by atoms with Crippen LogP contribution in [0, 0.1) is 6.92 Å². The second kappa shape index (κ2) is 8.26. The van der Waals surface area contributed by atoms with Gasteiger partial charge in [0, 0.05) is 6.07 Å². The van der Waals surface area contributed by atoms with Crippen molar-refractivity contribution >= 4 is 16.9 Å². The number of halogens is 3. The van der Waals surface area contributed by atoms with Crippen molar-refractivity contribution in [3.8, 4) is 17.2 Å². The summed E-state index contributed by atoms with van der Waals surface area (Å²) < 4.78 is 52.7. The molecule has 1 aromatic heterocycles. The van der Waals surface area contributed by atoms with Crippen molar-refractivity contribution in [2.45, 2.75) is 13.1 Å². The number of rotatable bonds is 6. The molecule has 0 aliphatic carbocycles. The minimum absolute atomic E-state index is 0.0453. The lowest BCUT2D eigenvalue weighted by atomic mass is 10.2. The topological polar surface area (TPSA) is 77.8 Å². The number of alkyl halides is 3. The Balaban J connectivity index is 1.76. The highest BCUT2D eigenvalue weighted by Crippen LogP contribution is 2.27. The van der Waals surface area contributed by atoms with Gasteiger partial charge in [-0.1, -0.05) is 18.2 Å². The Hall–Kier alpha value is -3.49. The number of nitrogens with one attached hydrogen (secondary N) is 1. The smallest absolute Gasteiger partial charge is 0.405 e. The van der Waals surface area contributed by atoms with Crippen LogP contribution < -0.4 is 20.2 Å². The molecule has 0 fully saturated rings. The van der Waals surface area contributed by atoms with Gasteiger partial charge in [-0.25, -0.2) is 0 Å². The van der Waals surface area contributed by atoms with Crippen LogP contribution in [0.4, 0.5) is 13.2 Å². The number of carbonyl (C=O) groups excluding carboxylic acids is 1. The van der Waals surface area contributed by atoms with E-state index in [2.05, 4.69) is 0 Å². The molecule has 0 radical (unpaired) electrons. The molecule has 0 aliphatic rings. The van der Waals surface area contributed by atoms with Gasteiger partial charge in [0.25, 0.3) is 5.91 Å². The summed E-state index contributed by atoms with van der Waals surface area (Å²) in [7, 11) is 0. The Kier molecular flexibility index (Phi) is 5.76. The fourth-order valence-electron chi connectivity index (χ4n) is 2.48. The second-order valence-corrected chi connectivity index (χ2v) is 6.07. The van der Waals surface area contributed by atoms with E-state index < -0.39 is 25.2 Å². The van der Waals surface area contributed by atoms with Crippen LogP contribution in [0.1, 0.15) is 5.76 Å². The number of benzene rings is 2. The van der Waals surface area contributed by atoms with Gasteiger partial charge in [0.2, 0.25) is 11.2 Å². The van der Waals surface area contributed by atoms with E-state index in [1.165, 1.54) is 18.2 Å². The zero-order valence-electron chi connectivity index (χ0n) is 15.2. The molecule has 1 heterocycles. The molecule has 0 unspecified atom stereocenters. The maximum Gasteiger partial charge on any atom is 0.405 e. The first-order valence-corrected chi connectivity index (χ1v) is 8.49. The third-order valence-electron chi connectivity index (χ3n) is 3.81. The molecule has 0 saturated carbocycles. The molecule has 3 aromatic rings. The van der Waals surface area contributed by atoms with Crippen LogP contribution in [0.15, 0.2) is 57.7 Å². The van der Waals surface area contributed by atoms with Crippen molar-refractivity contribution in [1.82, 2.24) is 5.32 Å². The van der Waals surface area contributed by atoms with E-state index >= 15 is 0 Å². The highest BCUT2D eigenvalue weighted by atomic mass is 19.4. The molecule has 2 aromatic carbocycles. The molecule has 3 rings (SSSR count). The fraction of sp³-hybridized carbons (Fsp3) is 0.200. The summed E-state index contributed by atoms with van der Waals surface area (Å²) in [6.45, 7) is -0.484. The van der Waals surface area contributed by atoms with Crippen molar-refractivity contribution in [3.05, 3.63) is 64.5 Å². The van der Waals surface area contributed by atoms with E-state index in [-0.39, 0.29) is 33.7 Å². The van der Waals surface area contributed by atoms with Gasteiger partial charge >= 0.3 is 6.18 Å². The van der Waals surface area contributed by atoms with Crippen molar-refractivity contribution < 1.29 is 31.9 Å². The van der Waals surface area contributed by atoms with Crippen LogP contribution >= 0.6 is 0 Å². The molecule has 0 aliphatic heterocycles. The SMILES string of the molecule is Cc1oc2cc(OCC(=O)NCC(F)(F)F)ccc2c(=O)c1Oc1ccccc1. The first kappa shape index (κ1) is 20.2. The fourth-order valence-corrected chi connectivity index (χ4v) is 2.48. The maximum atomic E-state index is 12.7. The van der Waals surface area contributed by atoms with Gasteiger partial charge in [-0.2, -0.15) is 13.2 Å². The lowest BCUT2D eigenvalue weighted by molar-refractivity contribution is -0.139. The standard InChI is InChI=1S/C20H16F3NO5/c1-12-19(29-13-5-3-2-4-6-13)18(26)15-8-7-14(9-16(15)28-12)27-10-17(25)24-11-20(21,22)23/h2-9H,10-11H2,1H3,(H,24,25). The summed E-state index contributed by atoms with van der Waals surface area (Å²) in [6.07, 6.45) is -4.50. The summed E-state index contributed by atoms with van der Waals surface area (Å²) in [5.41, 5.74) is -0.191. The van der Waals surface area contributed by atoms with E-state index in [0.717, 1.165) is 0 Å². The second-order valence-electron chi connectivity index (χ2n) is 6.07. The van der Waals surface area contributed by atoms with E-state index in [9.17, 15) is 22.8 Å². The summed E-state index contributed by atoms with van der Waals surface area (Å²) in [5, 5.41) is 1.93. The Morgan fingerprint density at radius 3 is 2.52 bits per heavy atom. The molecule has 0 spiro atoms. The lowest BCUT2D eigenvalue weighted by Gasteiger charge is -2.11. The molecule has 0 atom stereocenters. The van der Waals surface area contributed by atoms with Gasteiger partial charge in [0.1, 0.15) is 29.4 Å². The average molecular weight is 407 g/mol. The Morgan fingerprint density at radius 1 is 1.10 bits per heavy atom. The number of hydrogen-bond acceptors (Lipinski definition) is 5. The van der Waals surface area contributed by atoms with Gasteiger partial charge in [0.05, 0.1) is 5.39 Å². The number of para-hydroxylation sites is 1. The monoisotopic (exact) mass is 407 g/mol. The van der Waals surface area contributed by atoms with E-state index in [1.54, 1.807) is 36.5 Å². The normalized spacial score (nSPS) is 11.3. The maximum absolute atomic E-state index is 12.7. The van der Waals surface area contributed by atoms with Gasteiger partial charge in [-0.15, -0.1) is 0 Å². The number of fused-ring (bicyclic) bond motifs is 1. The summed E-state index contributed by atoms with van der Waals surface area (Å²) in [6, 6.07) is 13.0. The Labute approximate surface area is 162 Å². The van der Waals surface area contributed by atoms with Crippen LogP contribution in [0.2, 0.25) is 0 Å². The molecule has 1 N–H and O–H groups in total. The molecule has 6 nitrogen and oxygen atoms in total. The molecule has 152 valence electrons. The minimum atomic E-state index is -4.50. The third kappa shape index (κ3) is 5.28. The van der Waals surface area contributed by atoms with E-state index in [0.29, 0.717) is 5.75 Å². The van der Waals surface area contributed by atoms with Crippen molar-refractivity contribution in [2.75, 3.05) is 13.2 Å². The summed E-state index contributed by atoms with van der Waals surface area (Å²) in [4.78, 5) is 24.1. The van der Waals surface area contributed by atoms with Crippen LogP contribution in [0.25, 0.3) is 11.0 Å². The average Bonchev–Trinajstić information content (AvgIpc) is 2.68. The van der Waals surface area contributed by atoms with Crippen LogP contribution in [-0.4, -0.2) is 25.2 Å². The first-order chi connectivity index (χ1) is 13.7.